The molecule has 0 saturated heterocycles. The summed E-state index contributed by atoms with van der Waals surface area (Å²) in [6.07, 6.45) is 1.60. The third-order valence-electron chi connectivity index (χ3n) is 2.91. The van der Waals surface area contributed by atoms with Gasteiger partial charge in [0.15, 0.2) is 0 Å². The highest BCUT2D eigenvalue weighted by molar-refractivity contribution is 7.99. The number of rotatable bonds is 7. The number of hydrogen-bond donors (Lipinski definition) is 1. The number of nitrogens with zero attached hydrogens (tertiary/aromatic N) is 1. The molecule has 0 atom stereocenters. The number of benzene rings is 2. The molecule has 0 aromatic heterocycles. The van der Waals surface area contributed by atoms with Gasteiger partial charge in [0, 0.05) is 10.8 Å². The maximum absolute atomic E-state index is 11.7. The van der Waals surface area contributed by atoms with Gasteiger partial charge in [0.05, 0.1) is 19.1 Å². The summed E-state index contributed by atoms with van der Waals surface area (Å²) in [5.74, 6) is 1.72. The first-order chi connectivity index (χ1) is 11.2. The van der Waals surface area contributed by atoms with E-state index in [1.807, 2.05) is 48.5 Å². The third kappa shape index (κ3) is 6.34. The van der Waals surface area contributed by atoms with Crippen molar-refractivity contribution in [2.45, 2.75) is 5.75 Å². The maximum atomic E-state index is 11.7. The molecule has 2 aromatic carbocycles. The van der Waals surface area contributed by atoms with Crippen LogP contribution < -0.4 is 10.2 Å². The van der Waals surface area contributed by atoms with Crippen LogP contribution in [0.1, 0.15) is 11.1 Å². The lowest BCUT2D eigenvalue weighted by atomic mass is 10.2. The van der Waals surface area contributed by atoms with Gasteiger partial charge in [-0.15, -0.1) is 11.8 Å². The molecule has 0 saturated carbocycles. The van der Waals surface area contributed by atoms with Crippen LogP contribution in [0.3, 0.4) is 0 Å². The Morgan fingerprint density at radius 2 is 2.09 bits per heavy atom. The van der Waals surface area contributed by atoms with Crippen molar-refractivity contribution in [3.63, 3.8) is 0 Å². The first-order valence-electron chi connectivity index (χ1n) is 6.95. The predicted molar refractivity (Wildman–Crippen MR) is 96.3 cm³/mol. The summed E-state index contributed by atoms with van der Waals surface area (Å²) in [5.41, 5.74) is 4.49. The first kappa shape index (κ1) is 17.4. The molecule has 2 aromatic rings. The van der Waals surface area contributed by atoms with Crippen LogP contribution >= 0.6 is 23.4 Å². The first-order valence-corrected chi connectivity index (χ1v) is 8.49. The van der Waals surface area contributed by atoms with Gasteiger partial charge >= 0.3 is 0 Å². The molecule has 0 aliphatic carbocycles. The van der Waals surface area contributed by atoms with Crippen molar-refractivity contribution in [3.05, 3.63) is 64.7 Å². The molecule has 0 heterocycles. The minimum atomic E-state index is -0.137. The Morgan fingerprint density at radius 1 is 1.30 bits per heavy atom. The highest BCUT2D eigenvalue weighted by atomic mass is 35.5. The minimum Gasteiger partial charge on any atom is -0.497 e. The molecule has 4 nitrogen and oxygen atoms in total. The van der Waals surface area contributed by atoms with Gasteiger partial charge in [0.1, 0.15) is 5.75 Å². The lowest BCUT2D eigenvalue weighted by molar-refractivity contribution is -0.118. The molecule has 0 spiro atoms. The Morgan fingerprint density at radius 3 is 2.78 bits per heavy atom. The van der Waals surface area contributed by atoms with E-state index in [0.29, 0.717) is 10.8 Å². The molecule has 0 radical (unpaired) electrons. The molecular formula is C17H17ClN2O2S. The SMILES string of the molecule is COc1ccc(/C=N\NC(=O)CSCc2cccc(Cl)c2)cc1. The van der Waals surface area contributed by atoms with E-state index < -0.39 is 0 Å². The number of carbonyl (C=O) groups is 1. The van der Waals surface area contributed by atoms with Crippen molar-refractivity contribution in [2.24, 2.45) is 5.10 Å². The third-order valence-corrected chi connectivity index (χ3v) is 4.15. The number of carbonyl (C=O) groups excluding carboxylic acids is 1. The number of amides is 1. The minimum absolute atomic E-state index is 0.137. The van der Waals surface area contributed by atoms with E-state index >= 15 is 0 Å². The van der Waals surface area contributed by atoms with Crippen LogP contribution in [0.15, 0.2) is 53.6 Å². The lowest BCUT2D eigenvalue weighted by Crippen LogP contribution is -2.19. The monoisotopic (exact) mass is 348 g/mol. The van der Waals surface area contributed by atoms with Gasteiger partial charge in [-0.05, 0) is 47.5 Å². The second-order valence-corrected chi connectivity index (χ2v) is 6.11. The summed E-state index contributed by atoms with van der Waals surface area (Å²) in [6.45, 7) is 0. The van der Waals surface area contributed by atoms with E-state index in [9.17, 15) is 4.79 Å². The van der Waals surface area contributed by atoms with E-state index in [1.54, 1.807) is 13.3 Å². The maximum Gasteiger partial charge on any atom is 0.250 e. The van der Waals surface area contributed by atoms with Gasteiger partial charge in [0.25, 0.3) is 0 Å². The summed E-state index contributed by atoms with van der Waals surface area (Å²) in [5, 5.41) is 4.64. The number of hydrazone groups is 1. The van der Waals surface area contributed by atoms with Crippen molar-refractivity contribution in [1.29, 1.82) is 0 Å². The second-order valence-electron chi connectivity index (χ2n) is 4.69. The normalized spacial score (nSPS) is 10.7. The highest BCUT2D eigenvalue weighted by Gasteiger charge is 2.01. The number of methoxy groups -OCH3 is 1. The van der Waals surface area contributed by atoms with Crippen LogP contribution in [0.2, 0.25) is 5.02 Å². The van der Waals surface area contributed by atoms with Gasteiger partial charge in [-0.25, -0.2) is 5.43 Å². The summed E-state index contributed by atoms with van der Waals surface area (Å²) in [7, 11) is 1.62. The molecule has 0 bridgehead atoms. The van der Waals surface area contributed by atoms with Crippen LogP contribution in [0, 0.1) is 0 Å². The van der Waals surface area contributed by atoms with E-state index in [-0.39, 0.29) is 5.91 Å². The molecule has 0 unspecified atom stereocenters. The number of ether oxygens (including phenoxy) is 1. The fourth-order valence-corrected chi connectivity index (χ4v) is 2.77. The van der Waals surface area contributed by atoms with E-state index in [2.05, 4.69) is 10.5 Å². The Hall–Kier alpha value is -1.98. The topological polar surface area (TPSA) is 50.7 Å². The van der Waals surface area contributed by atoms with Gasteiger partial charge in [-0.2, -0.15) is 5.10 Å². The molecule has 120 valence electrons. The predicted octanol–water partition coefficient (Wildman–Crippen LogP) is 3.73. The molecule has 0 aliphatic rings. The van der Waals surface area contributed by atoms with Crippen molar-refractivity contribution < 1.29 is 9.53 Å². The number of thioether (sulfide) groups is 1. The smallest absolute Gasteiger partial charge is 0.250 e. The molecular weight excluding hydrogens is 332 g/mol. The summed E-state index contributed by atoms with van der Waals surface area (Å²) in [4.78, 5) is 11.7. The van der Waals surface area contributed by atoms with Crippen molar-refractivity contribution >= 4 is 35.5 Å². The largest absolute Gasteiger partial charge is 0.497 e. The van der Waals surface area contributed by atoms with Crippen molar-refractivity contribution in [1.82, 2.24) is 5.43 Å². The standard InChI is InChI=1S/C17H17ClN2O2S/c1-22-16-7-5-13(6-8-16)10-19-20-17(21)12-23-11-14-3-2-4-15(18)9-14/h2-10H,11-12H2,1H3,(H,20,21)/b19-10-. The molecule has 0 aliphatic heterocycles. The fraction of sp³-hybridized carbons (Fsp3) is 0.176. The Kier molecular flexibility index (Phi) is 6.97. The number of hydrogen-bond acceptors (Lipinski definition) is 4. The molecule has 0 fully saturated rings. The average molecular weight is 349 g/mol. The Labute approximate surface area is 144 Å². The van der Waals surface area contributed by atoms with E-state index in [1.165, 1.54) is 11.8 Å². The molecule has 1 N–H and O–H groups in total. The van der Waals surface area contributed by atoms with Crippen LogP contribution in [-0.4, -0.2) is 25.0 Å². The quantitative estimate of drug-likeness (QED) is 0.612. The summed E-state index contributed by atoms with van der Waals surface area (Å²) < 4.78 is 5.07. The summed E-state index contributed by atoms with van der Waals surface area (Å²) >= 11 is 7.43. The average Bonchev–Trinajstić information content (AvgIpc) is 2.55. The zero-order valence-corrected chi connectivity index (χ0v) is 14.2. The van der Waals surface area contributed by atoms with Gasteiger partial charge in [-0.3, -0.25) is 4.79 Å². The second kappa shape index (κ2) is 9.22. The lowest BCUT2D eigenvalue weighted by Gasteiger charge is -2.02. The highest BCUT2D eigenvalue weighted by Crippen LogP contribution is 2.16. The molecule has 1 amide bonds. The molecule has 23 heavy (non-hydrogen) atoms. The van der Waals surface area contributed by atoms with Crippen molar-refractivity contribution in [2.75, 3.05) is 12.9 Å². The fourth-order valence-electron chi connectivity index (χ4n) is 1.79. The van der Waals surface area contributed by atoms with Gasteiger partial charge in [0.2, 0.25) is 5.91 Å². The number of halogens is 1. The van der Waals surface area contributed by atoms with Crippen LogP contribution in [-0.2, 0) is 10.5 Å². The zero-order chi connectivity index (χ0) is 16.5. The molecule has 6 heteroatoms. The Bertz CT molecular complexity index is 675. The van der Waals surface area contributed by atoms with Crippen LogP contribution in [0.25, 0.3) is 0 Å². The number of nitrogens with one attached hydrogen (secondary N) is 1. The van der Waals surface area contributed by atoms with Crippen LogP contribution in [0.4, 0.5) is 0 Å². The van der Waals surface area contributed by atoms with E-state index in [4.69, 9.17) is 16.3 Å². The van der Waals surface area contributed by atoms with Gasteiger partial charge < -0.3 is 4.74 Å². The van der Waals surface area contributed by atoms with Gasteiger partial charge in [-0.1, -0.05) is 23.7 Å². The zero-order valence-electron chi connectivity index (χ0n) is 12.7. The summed E-state index contributed by atoms with van der Waals surface area (Å²) in [6, 6.07) is 15.0. The van der Waals surface area contributed by atoms with Crippen molar-refractivity contribution in [3.8, 4) is 5.75 Å². The van der Waals surface area contributed by atoms with E-state index in [0.717, 1.165) is 22.6 Å². The molecule has 2 rings (SSSR count). The Balaban J connectivity index is 1.71. The van der Waals surface area contributed by atoms with Crippen LogP contribution in [0.5, 0.6) is 5.75 Å².